The van der Waals surface area contributed by atoms with Crippen LogP contribution < -0.4 is 9.62 Å². The maximum atomic E-state index is 13.2. The van der Waals surface area contributed by atoms with Crippen LogP contribution in [0.1, 0.15) is 5.56 Å². The van der Waals surface area contributed by atoms with Crippen LogP contribution in [0.3, 0.4) is 0 Å². The molecule has 0 fully saturated rings. The number of hydrogen-bond acceptors (Lipinski definition) is 4. The summed E-state index contributed by atoms with van der Waals surface area (Å²) in [5.41, 5.74) is 2.19. The first-order chi connectivity index (χ1) is 11.6. The molecule has 6 nitrogen and oxygen atoms in total. The van der Waals surface area contributed by atoms with E-state index in [1.54, 1.807) is 41.2 Å². The SMILES string of the molecule is Cn1ncc2c1Nc1ccccc1N(S(=O)(=O)c1ccccc1)C2. The molecule has 0 bridgehead atoms. The van der Waals surface area contributed by atoms with Crippen LogP contribution in [0, 0.1) is 0 Å². The molecule has 0 saturated carbocycles. The van der Waals surface area contributed by atoms with Crippen LogP contribution in [0.4, 0.5) is 17.2 Å². The Hall–Kier alpha value is -2.80. The minimum absolute atomic E-state index is 0.227. The summed E-state index contributed by atoms with van der Waals surface area (Å²) in [6, 6.07) is 15.9. The summed E-state index contributed by atoms with van der Waals surface area (Å²) in [5.74, 6) is 0.799. The largest absolute Gasteiger partial charge is 0.338 e. The Labute approximate surface area is 140 Å². The number of para-hydroxylation sites is 2. The number of aryl methyl sites for hydroxylation is 1. The van der Waals surface area contributed by atoms with Crippen LogP contribution in [0.5, 0.6) is 0 Å². The number of nitrogens with one attached hydrogen (secondary N) is 1. The minimum atomic E-state index is -3.68. The highest BCUT2D eigenvalue weighted by Crippen LogP contribution is 2.38. The molecule has 1 N–H and O–H groups in total. The van der Waals surface area contributed by atoms with Crippen molar-refractivity contribution >= 4 is 27.2 Å². The van der Waals surface area contributed by atoms with Gasteiger partial charge >= 0.3 is 0 Å². The number of sulfonamides is 1. The molecule has 4 rings (SSSR count). The van der Waals surface area contributed by atoms with Gasteiger partial charge in [-0.15, -0.1) is 0 Å². The van der Waals surface area contributed by atoms with E-state index < -0.39 is 10.0 Å². The van der Waals surface area contributed by atoms with Gasteiger partial charge in [0.05, 0.1) is 29.0 Å². The summed E-state index contributed by atoms with van der Waals surface area (Å²) in [6.45, 7) is 0.227. The minimum Gasteiger partial charge on any atom is -0.338 e. The molecule has 1 aliphatic heterocycles. The molecular formula is C17H16N4O2S. The summed E-state index contributed by atoms with van der Waals surface area (Å²) in [5, 5.41) is 7.53. The third kappa shape index (κ3) is 2.25. The van der Waals surface area contributed by atoms with Crippen molar-refractivity contribution in [3.05, 3.63) is 66.4 Å². The normalized spacial score (nSPS) is 13.6. The third-order valence-corrected chi connectivity index (χ3v) is 5.86. The van der Waals surface area contributed by atoms with Crippen molar-refractivity contribution in [1.82, 2.24) is 9.78 Å². The number of anilines is 3. The van der Waals surface area contributed by atoms with Gasteiger partial charge in [0.25, 0.3) is 10.0 Å². The quantitative estimate of drug-likeness (QED) is 0.779. The average molecular weight is 340 g/mol. The fraction of sp³-hybridized carbons (Fsp3) is 0.118. The number of rotatable bonds is 2. The van der Waals surface area contributed by atoms with Gasteiger partial charge in [-0.3, -0.25) is 8.99 Å². The molecule has 122 valence electrons. The van der Waals surface area contributed by atoms with Crippen molar-refractivity contribution in [3.8, 4) is 0 Å². The second-order valence-electron chi connectivity index (χ2n) is 5.61. The topological polar surface area (TPSA) is 67.2 Å². The smallest absolute Gasteiger partial charge is 0.264 e. The van der Waals surface area contributed by atoms with E-state index in [4.69, 9.17) is 0 Å². The summed E-state index contributed by atoms with van der Waals surface area (Å²) < 4.78 is 29.5. The third-order valence-electron chi connectivity index (χ3n) is 4.09. The molecule has 2 heterocycles. The van der Waals surface area contributed by atoms with Gasteiger partial charge in [0.1, 0.15) is 5.82 Å². The number of nitrogens with zero attached hydrogens (tertiary/aromatic N) is 3. The Bertz CT molecular complexity index is 996. The van der Waals surface area contributed by atoms with Crippen LogP contribution in [0.15, 0.2) is 65.7 Å². The van der Waals surface area contributed by atoms with Crippen LogP contribution in [-0.4, -0.2) is 18.2 Å². The van der Waals surface area contributed by atoms with Gasteiger partial charge in [-0.25, -0.2) is 8.42 Å². The van der Waals surface area contributed by atoms with Crippen LogP contribution in [0.2, 0.25) is 0 Å². The molecule has 24 heavy (non-hydrogen) atoms. The average Bonchev–Trinajstić information content (AvgIpc) is 2.85. The van der Waals surface area contributed by atoms with Gasteiger partial charge in [-0.1, -0.05) is 30.3 Å². The van der Waals surface area contributed by atoms with Crippen molar-refractivity contribution in [2.45, 2.75) is 11.4 Å². The highest BCUT2D eigenvalue weighted by molar-refractivity contribution is 7.92. The van der Waals surface area contributed by atoms with Crippen molar-refractivity contribution in [1.29, 1.82) is 0 Å². The van der Waals surface area contributed by atoms with Crippen LogP contribution in [0.25, 0.3) is 0 Å². The van der Waals surface area contributed by atoms with Crippen molar-refractivity contribution in [2.75, 3.05) is 9.62 Å². The second-order valence-corrected chi connectivity index (χ2v) is 7.47. The van der Waals surface area contributed by atoms with E-state index in [1.165, 1.54) is 4.31 Å². The maximum absolute atomic E-state index is 13.2. The molecule has 7 heteroatoms. The first-order valence-corrected chi connectivity index (χ1v) is 8.96. The van der Waals surface area contributed by atoms with Gasteiger partial charge in [0.2, 0.25) is 0 Å². The zero-order valence-electron chi connectivity index (χ0n) is 13.0. The first kappa shape index (κ1) is 14.8. The maximum Gasteiger partial charge on any atom is 0.264 e. The van der Waals surface area contributed by atoms with E-state index in [2.05, 4.69) is 10.4 Å². The molecule has 0 atom stereocenters. The molecular weight excluding hydrogens is 324 g/mol. The standard InChI is InChI=1S/C17H16N4O2S/c1-20-17-13(11-18-20)12-21(16-10-6-5-9-15(16)19-17)24(22,23)14-7-3-2-4-8-14/h2-11,19H,12H2,1H3. The molecule has 1 aromatic heterocycles. The molecule has 3 aromatic rings. The molecule has 0 amide bonds. The lowest BCUT2D eigenvalue weighted by atomic mass is 10.2. The van der Waals surface area contributed by atoms with Gasteiger partial charge in [-0.2, -0.15) is 5.10 Å². The fourth-order valence-corrected chi connectivity index (χ4v) is 4.34. The van der Waals surface area contributed by atoms with E-state index in [1.807, 2.05) is 31.3 Å². The number of fused-ring (bicyclic) bond motifs is 2. The van der Waals surface area contributed by atoms with Crippen molar-refractivity contribution < 1.29 is 8.42 Å². The number of hydrogen-bond donors (Lipinski definition) is 1. The predicted octanol–water partition coefficient (Wildman–Crippen LogP) is 2.87. The Morgan fingerprint density at radius 2 is 1.75 bits per heavy atom. The first-order valence-electron chi connectivity index (χ1n) is 7.52. The molecule has 1 aliphatic rings. The van der Waals surface area contributed by atoms with E-state index in [0.717, 1.165) is 17.1 Å². The van der Waals surface area contributed by atoms with E-state index >= 15 is 0 Å². The zero-order chi connectivity index (χ0) is 16.7. The predicted molar refractivity (Wildman–Crippen MR) is 92.7 cm³/mol. The molecule has 0 aliphatic carbocycles. The van der Waals surface area contributed by atoms with Gasteiger partial charge in [-0.05, 0) is 24.3 Å². The lowest BCUT2D eigenvalue weighted by Crippen LogP contribution is -2.30. The lowest BCUT2D eigenvalue weighted by Gasteiger charge is -2.24. The lowest BCUT2D eigenvalue weighted by molar-refractivity contribution is 0.590. The molecule has 0 radical (unpaired) electrons. The highest BCUT2D eigenvalue weighted by atomic mass is 32.2. The molecule has 0 spiro atoms. The Morgan fingerprint density at radius 1 is 1.04 bits per heavy atom. The molecule has 2 aromatic carbocycles. The van der Waals surface area contributed by atoms with Crippen LogP contribution >= 0.6 is 0 Å². The van der Waals surface area contributed by atoms with E-state index in [9.17, 15) is 8.42 Å². The van der Waals surface area contributed by atoms with Gasteiger partial charge < -0.3 is 5.32 Å². The van der Waals surface area contributed by atoms with E-state index in [0.29, 0.717) is 5.69 Å². The second kappa shape index (κ2) is 5.38. The summed E-state index contributed by atoms with van der Waals surface area (Å²) in [7, 11) is -1.85. The van der Waals surface area contributed by atoms with Gasteiger partial charge in [0.15, 0.2) is 0 Å². The monoisotopic (exact) mass is 340 g/mol. The Kier molecular flexibility index (Phi) is 3.31. The summed E-state index contributed by atoms with van der Waals surface area (Å²) >= 11 is 0. The van der Waals surface area contributed by atoms with Gasteiger partial charge in [0, 0.05) is 12.6 Å². The number of benzene rings is 2. The Balaban J connectivity index is 1.92. The fourth-order valence-electron chi connectivity index (χ4n) is 2.86. The van der Waals surface area contributed by atoms with E-state index in [-0.39, 0.29) is 11.4 Å². The van der Waals surface area contributed by atoms with Crippen LogP contribution in [-0.2, 0) is 23.6 Å². The molecule has 0 unspecified atom stereocenters. The summed E-state index contributed by atoms with van der Waals surface area (Å²) in [6.07, 6.45) is 1.70. The number of aromatic nitrogens is 2. The summed E-state index contributed by atoms with van der Waals surface area (Å²) in [4.78, 5) is 0.271. The van der Waals surface area contributed by atoms with Crippen molar-refractivity contribution in [3.63, 3.8) is 0 Å². The molecule has 0 saturated heterocycles. The van der Waals surface area contributed by atoms with Crippen molar-refractivity contribution in [2.24, 2.45) is 7.05 Å². The highest BCUT2D eigenvalue weighted by Gasteiger charge is 2.30. The zero-order valence-corrected chi connectivity index (χ0v) is 13.9. The Morgan fingerprint density at radius 3 is 2.54 bits per heavy atom.